The number of aromatic nitrogens is 2. The summed E-state index contributed by atoms with van der Waals surface area (Å²) in [6.45, 7) is 0.868. The van der Waals surface area contributed by atoms with Crippen molar-refractivity contribution in [2.75, 3.05) is 6.61 Å². The monoisotopic (exact) mass is 260 g/mol. The molecule has 2 atom stereocenters. The van der Waals surface area contributed by atoms with Crippen molar-refractivity contribution in [1.82, 2.24) is 9.78 Å². The summed E-state index contributed by atoms with van der Waals surface area (Å²) in [5.41, 5.74) is 1.85. The van der Waals surface area contributed by atoms with Crippen molar-refractivity contribution in [2.45, 2.75) is 37.9 Å². The maximum Gasteiger partial charge on any atom is 0.0988 e. The zero-order valence-corrected chi connectivity index (χ0v) is 11.2. The van der Waals surface area contributed by atoms with Gasteiger partial charge in [0.05, 0.1) is 23.4 Å². The summed E-state index contributed by atoms with van der Waals surface area (Å²) >= 11 is 0. The predicted molar refractivity (Wildman–Crippen MR) is 73.9 cm³/mol. The molecule has 0 radical (unpaired) electrons. The molecule has 19 heavy (non-hydrogen) atoms. The Morgan fingerprint density at radius 3 is 3.11 bits per heavy atom. The molecule has 0 spiro atoms. The number of aliphatic hydroxyl groups excluding tert-OH is 1. The van der Waals surface area contributed by atoms with E-state index in [4.69, 9.17) is 4.74 Å². The molecule has 2 unspecified atom stereocenters. The van der Waals surface area contributed by atoms with E-state index in [0.29, 0.717) is 12.5 Å². The van der Waals surface area contributed by atoms with Crippen molar-refractivity contribution in [2.24, 2.45) is 7.05 Å². The molecule has 2 aromatic rings. The summed E-state index contributed by atoms with van der Waals surface area (Å²) in [6.07, 6.45) is 3.71. The number of aliphatic hydroxyl groups is 1. The third-order valence-corrected chi connectivity index (χ3v) is 3.89. The second-order valence-electron chi connectivity index (χ2n) is 5.25. The van der Waals surface area contributed by atoms with Gasteiger partial charge in [0, 0.05) is 19.0 Å². The van der Waals surface area contributed by atoms with Crippen molar-refractivity contribution < 1.29 is 9.84 Å². The van der Waals surface area contributed by atoms with E-state index in [-0.39, 0.29) is 0 Å². The Labute approximate surface area is 113 Å². The fraction of sp³-hybridized carbons (Fsp3) is 0.533. The van der Waals surface area contributed by atoms with Gasteiger partial charge in [0.2, 0.25) is 0 Å². The lowest BCUT2D eigenvalue weighted by Gasteiger charge is -2.12. The number of fused-ring (bicyclic) bond motifs is 1. The molecular weight excluding hydrogens is 240 g/mol. The molecule has 1 aliphatic rings. The molecule has 1 fully saturated rings. The van der Waals surface area contributed by atoms with Crippen LogP contribution in [0.2, 0.25) is 0 Å². The number of para-hydroxylation sites is 1. The van der Waals surface area contributed by atoms with Gasteiger partial charge >= 0.3 is 0 Å². The maximum absolute atomic E-state index is 10.4. The van der Waals surface area contributed by atoms with Gasteiger partial charge in [-0.1, -0.05) is 18.2 Å². The summed E-state index contributed by atoms with van der Waals surface area (Å²) < 4.78 is 7.43. The Morgan fingerprint density at radius 1 is 1.47 bits per heavy atom. The smallest absolute Gasteiger partial charge is 0.0988 e. The van der Waals surface area contributed by atoms with Gasteiger partial charge in [0.25, 0.3) is 0 Å². The molecule has 1 N–H and O–H groups in total. The Hall–Kier alpha value is -1.39. The summed E-state index contributed by atoms with van der Waals surface area (Å²) in [4.78, 5) is 0. The van der Waals surface area contributed by atoms with Crippen LogP contribution in [0.4, 0.5) is 0 Å². The number of aryl methyl sites for hydroxylation is 1. The van der Waals surface area contributed by atoms with Gasteiger partial charge < -0.3 is 9.84 Å². The lowest BCUT2D eigenvalue weighted by atomic mass is 10.0. The van der Waals surface area contributed by atoms with Crippen LogP contribution < -0.4 is 0 Å². The molecule has 1 aromatic heterocycles. The zero-order chi connectivity index (χ0) is 13.2. The summed E-state index contributed by atoms with van der Waals surface area (Å²) in [6, 6.07) is 8.03. The largest absolute Gasteiger partial charge is 0.387 e. The van der Waals surface area contributed by atoms with Crippen molar-refractivity contribution in [1.29, 1.82) is 0 Å². The minimum atomic E-state index is -0.504. The highest BCUT2D eigenvalue weighted by Crippen LogP contribution is 2.28. The van der Waals surface area contributed by atoms with Crippen LogP contribution in [-0.2, 0) is 11.8 Å². The molecule has 0 saturated carbocycles. The molecule has 3 rings (SSSR count). The quantitative estimate of drug-likeness (QED) is 0.919. The number of hydrogen-bond acceptors (Lipinski definition) is 3. The minimum Gasteiger partial charge on any atom is -0.387 e. The van der Waals surface area contributed by atoms with E-state index in [1.54, 1.807) is 0 Å². The van der Waals surface area contributed by atoms with Gasteiger partial charge in [-0.3, -0.25) is 4.68 Å². The van der Waals surface area contributed by atoms with Crippen molar-refractivity contribution in [3.05, 3.63) is 30.0 Å². The van der Waals surface area contributed by atoms with Gasteiger partial charge in [0.15, 0.2) is 0 Å². The lowest BCUT2D eigenvalue weighted by molar-refractivity contribution is 0.0804. The van der Waals surface area contributed by atoms with E-state index in [1.807, 2.05) is 36.0 Å². The molecule has 1 aromatic carbocycles. The van der Waals surface area contributed by atoms with Gasteiger partial charge in [-0.15, -0.1) is 0 Å². The van der Waals surface area contributed by atoms with Crippen LogP contribution in [0.5, 0.6) is 0 Å². The minimum absolute atomic E-state index is 0.324. The fourth-order valence-electron chi connectivity index (χ4n) is 2.84. The third kappa shape index (κ3) is 2.51. The van der Waals surface area contributed by atoms with E-state index in [2.05, 4.69) is 5.10 Å². The van der Waals surface area contributed by atoms with Crippen LogP contribution in [0.25, 0.3) is 10.9 Å². The number of benzene rings is 1. The van der Waals surface area contributed by atoms with Gasteiger partial charge in [-0.2, -0.15) is 5.10 Å². The first-order chi connectivity index (χ1) is 9.25. The van der Waals surface area contributed by atoms with E-state index < -0.39 is 6.10 Å². The predicted octanol–water partition coefficient (Wildman–Crippen LogP) is 2.57. The second-order valence-corrected chi connectivity index (χ2v) is 5.25. The highest BCUT2D eigenvalue weighted by molar-refractivity contribution is 5.82. The number of hydrogen-bond donors (Lipinski definition) is 1. The zero-order valence-electron chi connectivity index (χ0n) is 11.2. The lowest BCUT2D eigenvalue weighted by Crippen LogP contribution is -2.08. The highest BCUT2D eigenvalue weighted by atomic mass is 16.5. The first-order valence-electron chi connectivity index (χ1n) is 6.97. The number of ether oxygens (including phenoxy) is 1. The first kappa shape index (κ1) is 12.6. The number of rotatable bonds is 4. The second kappa shape index (κ2) is 5.31. The van der Waals surface area contributed by atoms with E-state index >= 15 is 0 Å². The van der Waals surface area contributed by atoms with Crippen molar-refractivity contribution >= 4 is 10.9 Å². The van der Waals surface area contributed by atoms with E-state index in [0.717, 1.165) is 42.5 Å². The maximum atomic E-state index is 10.4. The molecule has 4 heteroatoms. The first-order valence-corrected chi connectivity index (χ1v) is 6.97. The Morgan fingerprint density at radius 2 is 2.32 bits per heavy atom. The van der Waals surface area contributed by atoms with E-state index in [9.17, 15) is 5.11 Å². The van der Waals surface area contributed by atoms with Crippen LogP contribution in [0.3, 0.4) is 0 Å². The molecule has 1 aliphatic heterocycles. The van der Waals surface area contributed by atoms with Gasteiger partial charge in [0.1, 0.15) is 0 Å². The SMILES string of the molecule is Cn1nc(C(O)CCC2CCCO2)c2ccccc21. The molecule has 2 heterocycles. The van der Waals surface area contributed by atoms with E-state index in [1.165, 1.54) is 0 Å². The average Bonchev–Trinajstić information content (AvgIpc) is 3.05. The van der Waals surface area contributed by atoms with Gasteiger partial charge in [-0.25, -0.2) is 0 Å². The molecule has 102 valence electrons. The summed E-state index contributed by atoms with van der Waals surface area (Å²) in [5, 5.41) is 15.9. The van der Waals surface area contributed by atoms with Crippen LogP contribution in [0.15, 0.2) is 24.3 Å². The normalized spacial score (nSPS) is 21.1. The average molecular weight is 260 g/mol. The standard InChI is InChI=1S/C15H20N2O2/c1-17-13-7-3-2-6-12(13)15(16-17)14(18)9-8-11-5-4-10-19-11/h2-3,6-7,11,14,18H,4-5,8-10H2,1H3. The van der Waals surface area contributed by atoms with Crippen LogP contribution in [0.1, 0.15) is 37.5 Å². The van der Waals surface area contributed by atoms with Crippen molar-refractivity contribution in [3.63, 3.8) is 0 Å². The Kier molecular flexibility index (Phi) is 3.53. The fourth-order valence-corrected chi connectivity index (χ4v) is 2.84. The molecule has 1 saturated heterocycles. The van der Waals surface area contributed by atoms with Gasteiger partial charge in [-0.05, 0) is 31.7 Å². The Balaban J connectivity index is 1.75. The molecule has 0 amide bonds. The topological polar surface area (TPSA) is 47.3 Å². The molecule has 0 bridgehead atoms. The third-order valence-electron chi connectivity index (χ3n) is 3.89. The molecule has 0 aliphatic carbocycles. The number of nitrogens with zero attached hydrogens (tertiary/aromatic N) is 2. The highest BCUT2D eigenvalue weighted by Gasteiger charge is 2.20. The van der Waals surface area contributed by atoms with Crippen LogP contribution in [-0.4, -0.2) is 27.6 Å². The van der Waals surface area contributed by atoms with Crippen LogP contribution >= 0.6 is 0 Å². The Bertz CT molecular complexity index is 558. The summed E-state index contributed by atoms with van der Waals surface area (Å²) in [7, 11) is 1.92. The van der Waals surface area contributed by atoms with Crippen LogP contribution in [0, 0.1) is 0 Å². The molecular formula is C15H20N2O2. The summed E-state index contributed by atoms with van der Waals surface area (Å²) in [5.74, 6) is 0. The molecule has 4 nitrogen and oxygen atoms in total. The van der Waals surface area contributed by atoms with Crippen molar-refractivity contribution in [3.8, 4) is 0 Å².